The van der Waals surface area contributed by atoms with E-state index in [-0.39, 0.29) is 5.56 Å². The second-order valence-corrected chi connectivity index (χ2v) is 4.68. The number of rotatable bonds is 2. The minimum atomic E-state index is -2.51. The summed E-state index contributed by atoms with van der Waals surface area (Å²) < 4.78 is 28.0. The van der Waals surface area contributed by atoms with Crippen molar-refractivity contribution in [1.82, 2.24) is 14.8 Å². The number of benzene rings is 1. The summed E-state index contributed by atoms with van der Waals surface area (Å²) >= 11 is 0. The lowest BCUT2D eigenvalue weighted by Crippen LogP contribution is -1.90. The van der Waals surface area contributed by atoms with Crippen molar-refractivity contribution in [2.45, 2.75) is 27.2 Å². The highest BCUT2D eigenvalue weighted by atomic mass is 19.3. The zero-order chi connectivity index (χ0) is 15.6. The maximum Gasteiger partial charge on any atom is 0.264 e. The van der Waals surface area contributed by atoms with Crippen molar-refractivity contribution in [2.24, 2.45) is 7.05 Å². The Hall–Kier alpha value is -2.17. The zero-order valence-electron chi connectivity index (χ0n) is 12.6. The molecule has 2 heterocycles. The molecule has 3 nitrogen and oxygen atoms in total. The van der Waals surface area contributed by atoms with Gasteiger partial charge in [-0.3, -0.25) is 4.68 Å². The first-order chi connectivity index (χ1) is 10.0. The smallest absolute Gasteiger partial charge is 0.264 e. The maximum absolute atomic E-state index is 13.2. The van der Waals surface area contributed by atoms with E-state index >= 15 is 0 Å². The van der Waals surface area contributed by atoms with Crippen molar-refractivity contribution in [3.63, 3.8) is 0 Å². The molecule has 21 heavy (non-hydrogen) atoms. The zero-order valence-corrected chi connectivity index (χ0v) is 12.6. The van der Waals surface area contributed by atoms with Crippen LogP contribution in [0.3, 0.4) is 0 Å². The van der Waals surface area contributed by atoms with Gasteiger partial charge in [0.25, 0.3) is 6.43 Å². The normalized spacial score (nSPS) is 10.8. The Morgan fingerprint density at radius 2 is 1.90 bits per heavy atom. The van der Waals surface area contributed by atoms with Gasteiger partial charge in [-0.1, -0.05) is 13.8 Å². The number of nitrogens with one attached hydrogen (secondary N) is 1. The third-order valence-corrected chi connectivity index (χ3v) is 3.18. The van der Waals surface area contributed by atoms with Crippen LogP contribution in [0.5, 0.6) is 0 Å². The Morgan fingerprint density at radius 3 is 2.48 bits per heavy atom. The number of aromatic amines is 1. The van der Waals surface area contributed by atoms with Crippen LogP contribution in [0.15, 0.2) is 30.6 Å². The lowest BCUT2D eigenvalue weighted by Gasteiger charge is -2.07. The largest absolute Gasteiger partial charge is 0.359 e. The molecule has 112 valence electrons. The molecule has 0 spiro atoms. The molecular formula is C16H19F2N3. The number of aromatic nitrogens is 3. The van der Waals surface area contributed by atoms with E-state index in [1.54, 1.807) is 30.2 Å². The van der Waals surface area contributed by atoms with E-state index in [2.05, 4.69) is 10.1 Å². The molecule has 0 radical (unpaired) electrons. The highest BCUT2D eigenvalue weighted by Crippen LogP contribution is 2.34. The van der Waals surface area contributed by atoms with E-state index in [0.717, 1.165) is 16.6 Å². The number of H-pyrrole nitrogens is 1. The number of hydrogen-bond donors (Lipinski definition) is 1. The second-order valence-electron chi connectivity index (χ2n) is 4.68. The fourth-order valence-electron chi connectivity index (χ4n) is 2.33. The van der Waals surface area contributed by atoms with Crippen LogP contribution in [0, 0.1) is 6.92 Å². The molecule has 0 aliphatic rings. The van der Waals surface area contributed by atoms with Crippen LogP contribution >= 0.6 is 0 Å². The Balaban J connectivity index is 0.000000774. The van der Waals surface area contributed by atoms with Gasteiger partial charge in [-0.15, -0.1) is 0 Å². The molecule has 0 fully saturated rings. The SMILES string of the molecule is CC.Cc1cc2cc(-c3cnn(C)c3)c(C(F)F)cc2[nH]1. The van der Waals surface area contributed by atoms with Gasteiger partial charge in [0.15, 0.2) is 0 Å². The molecule has 1 aromatic carbocycles. The summed E-state index contributed by atoms with van der Waals surface area (Å²) in [6.45, 7) is 5.91. The lowest BCUT2D eigenvalue weighted by molar-refractivity contribution is 0.152. The van der Waals surface area contributed by atoms with Gasteiger partial charge >= 0.3 is 0 Å². The van der Waals surface area contributed by atoms with Gasteiger partial charge < -0.3 is 4.98 Å². The van der Waals surface area contributed by atoms with Gasteiger partial charge in [-0.05, 0) is 30.7 Å². The highest BCUT2D eigenvalue weighted by molar-refractivity contribution is 5.87. The molecule has 0 bridgehead atoms. The van der Waals surface area contributed by atoms with Crippen molar-refractivity contribution >= 4 is 10.9 Å². The fourth-order valence-corrected chi connectivity index (χ4v) is 2.33. The number of halogens is 2. The molecule has 0 saturated carbocycles. The summed E-state index contributed by atoms with van der Waals surface area (Å²) in [6, 6.07) is 5.26. The molecule has 0 amide bonds. The van der Waals surface area contributed by atoms with Crippen molar-refractivity contribution in [2.75, 3.05) is 0 Å². The predicted molar refractivity (Wildman–Crippen MR) is 81.5 cm³/mol. The van der Waals surface area contributed by atoms with E-state index in [0.29, 0.717) is 11.1 Å². The summed E-state index contributed by atoms with van der Waals surface area (Å²) in [5, 5.41) is 4.97. The number of fused-ring (bicyclic) bond motifs is 1. The Kier molecular flexibility index (Phi) is 4.40. The molecule has 1 N–H and O–H groups in total. The standard InChI is InChI=1S/C14H13F2N3.C2H6/c1-8-3-9-4-11(10-6-17-19(2)7-10)12(14(15)16)5-13(9)18-8;1-2/h3-7,14,18H,1-2H3;1-2H3. The monoisotopic (exact) mass is 291 g/mol. The maximum atomic E-state index is 13.2. The highest BCUT2D eigenvalue weighted by Gasteiger charge is 2.17. The molecule has 0 aliphatic carbocycles. The molecular weight excluding hydrogens is 272 g/mol. The molecule has 0 unspecified atom stereocenters. The molecule has 0 atom stereocenters. The Morgan fingerprint density at radius 1 is 1.19 bits per heavy atom. The average Bonchev–Trinajstić information content (AvgIpc) is 3.03. The lowest BCUT2D eigenvalue weighted by atomic mass is 10.0. The number of aryl methyl sites for hydroxylation is 2. The first-order valence-corrected chi connectivity index (χ1v) is 6.95. The fraction of sp³-hybridized carbons (Fsp3) is 0.312. The minimum Gasteiger partial charge on any atom is -0.359 e. The van der Waals surface area contributed by atoms with Crippen molar-refractivity contribution < 1.29 is 8.78 Å². The number of alkyl halides is 2. The van der Waals surface area contributed by atoms with Crippen molar-refractivity contribution in [3.05, 3.63) is 41.9 Å². The third-order valence-electron chi connectivity index (χ3n) is 3.18. The second kappa shape index (κ2) is 6.08. The summed E-state index contributed by atoms with van der Waals surface area (Å²) in [4.78, 5) is 3.08. The van der Waals surface area contributed by atoms with Gasteiger partial charge in [-0.2, -0.15) is 5.10 Å². The van der Waals surface area contributed by atoms with Gasteiger partial charge in [-0.25, -0.2) is 8.78 Å². The van der Waals surface area contributed by atoms with Crippen molar-refractivity contribution in [1.29, 1.82) is 0 Å². The van der Waals surface area contributed by atoms with E-state index < -0.39 is 6.43 Å². The van der Waals surface area contributed by atoms with Crippen LogP contribution in [0.1, 0.15) is 31.5 Å². The van der Waals surface area contributed by atoms with Gasteiger partial charge in [0, 0.05) is 41.0 Å². The molecule has 0 aliphatic heterocycles. The average molecular weight is 291 g/mol. The predicted octanol–water partition coefficient (Wildman–Crippen LogP) is 4.84. The van der Waals surface area contributed by atoms with Crippen LogP contribution in [0.4, 0.5) is 8.78 Å². The Labute approximate surface area is 122 Å². The Bertz CT molecular complexity index is 741. The van der Waals surface area contributed by atoms with Gasteiger partial charge in [0.05, 0.1) is 6.20 Å². The van der Waals surface area contributed by atoms with Crippen LogP contribution in [-0.2, 0) is 7.05 Å². The summed E-state index contributed by atoms with van der Waals surface area (Å²) in [6.07, 6.45) is 0.835. The van der Waals surface area contributed by atoms with E-state index in [1.807, 2.05) is 26.8 Å². The number of nitrogens with zero attached hydrogens (tertiary/aromatic N) is 2. The van der Waals surface area contributed by atoms with E-state index in [4.69, 9.17) is 0 Å². The minimum absolute atomic E-state index is 0.0300. The first kappa shape index (κ1) is 15.2. The third kappa shape index (κ3) is 2.96. The van der Waals surface area contributed by atoms with E-state index in [1.165, 1.54) is 6.07 Å². The van der Waals surface area contributed by atoms with E-state index in [9.17, 15) is 8.78 Å². The van der Waals surface area contributed by atoms with Gasteiger partial charge in [0.1, 0.15) is 0 Å². The van der Waals surface area contributed by atoms with Crippen LogP contribution < -0.4 is 0 Å². The molecule has 3 rings (SSSR count). The van der Waals surface area contributed by atoms with Gasteiger partial charge in [0.2, 0.25) is 0 Å². The summed E-state index contributed by atoms with van der Waals surface area (Å²) in [5.41, 5.74) is 2.97. The topological polar surface area (TPSA) is 33.6 Å². The summed E-state index contributed by atoms with van der Waals surface area (Å²) in [7, 11) is 1.77. The van der Waals surface area contributed by atoms with Crippen LogP contribution in [0.25, 0.3) is 22.0 Å². The van der Waals surface area contributed by atoms with Crippen LogP contribution in [-0.4, -0.2) is 14.8 Å². The first-order valence-electron chi connectivity index (χ1n) is 6.95. The van der Waals surface area contributed by atoms with Crippen molar-refractivity contribution in [3.8, 4) is 11.1 Å². The van der Waals surface area contributed by atoms with Crippen LogP contribution in [0.2, 0.25) is 0 Å². The number of hydrogen-bond acceptors (Lipinski definition) is 1. The quantitative estimate of drug-likeness (QED) is 0.720. The molecule has 2 aromatic heterocycles. The molecule has 5 heteroatoms. The summed E-state index contributed by atoms with van der Waals surface area (Å²) in [5.74, 6) is 0. The molecule has 3 aromatic rings. The molecule has 0 saturated heterocycles.